The molecule has 0 aromatic heterocycles. The van der Waals surface area contributed by atoms with Crippen molar-refractivity contribution in [1.29, 1.82) is 0 Å². The third-order valence-electron chi connectivity index (χ3n) is 0.686. The molecule has 0 atom stereocenters. The maximum absolute atomic E-state index is 10.5. The Morgan fingerprint density at radius 3 is 2.90 bits per heavy atom. The van der Waals surface area contributed by atoms with Gasteiger partial charge < -0.3 is 4.74 Å². The van der Waals surface area contributed by atoms with Crippen LogP contribution in [0.5, 0.6) is 0 Å². The van der Waals surface area contributed by atoms with E-state index in [2.05, 4.69) is 4.74 Å². The van der Waals surface area contributed by atoms with E-state index in [1.165, 1.54) is 11.8 Å². The van der Waals surface area contributed by atoms with E-state index < -0.39 is 0 Å². The molecule has 0 saturated heterocycles. The first-order valence-corrected chi connectivity index (χ1v) is 4.05. The number of hydrogen-bond donors (Lipinski definition) is 0. The number of esters is 1. The van der Waals surface area contributed by atoms with Crippen molar-refractivity contribution in [2.45, 2.75) is 6.92 Å². The molecule has 0 bridgehead atoms. The SMILES string of the molecule is CCOC(=O)CSC[C]=O. The van der Waals surface area contributed by atoms with Crippen LogP contribution in [0.4, 0.5) is 0 Å². The summed E-state index contributed by atoms with van der Waals surface area (Å²) in [6, 6.07) is 0. The summed E-state index contributed by atoms with van der Waals surface area (Å²) in [6.45, 7) is 2.14. The second kappa shape index (κ2) is 6.61. The zero-order chi connectivity index (χ0) is 7.82. The van der Waals surface area contributed by atoms with Crippen molar-refractivity contribution in [3.05, 3.63) is 0 Å². The van der Waals surface area contributed by atoms with E-state index in [4.69, 9.17) is 0 Å². The Hall–Kier alpha value is -0.510. The molecule has 0 unspecified atom stereocenters. The summed E-state index contributed by atoms with van der Waals surface area (Å²) in [4.78, 5) is 20.2. The molecule has 0 heterocycles. The molecular weight excluding hydrogens is 152 g/mol. The molecule has 10 heavy (non-hydrogen) atoms. The molecule has 0 spiro atoms. The molecule has 0 saturated carbocycles. The summed E-state index contributed by atoms with van der Waals surface area (Å²) in [6.07, 6.45) is 1.67. The highest BCUT2D eigenvalue weighted by atomic mass is 32.2. The highest BCUT2D eigenvalue weighted by molar-refractivity contribution is 8.00. The van der Waals surface area contributed by atoms with E-state index in [1.807, 2.05) is 0 Å². The third kappa shape index (κ3) is 5.62. The maximum Gasteiger partial charge on any atom is 0.315 e. The van der Waals surface area contributed by atoms with Gasteiger partial charge in [-0.05, 0) is 6.92 Å². The molecule has 0 aliphatic rings. The number of thioether (sulfide) groups is 1. The van der Waals surface area contributed by atoms with Gasteiger partial charge in [-0.1, -0.05) is 0 Å². The van der Waals surface area contributed by atoms with Crippen molar-refractivity contribution in [2.75, 3.05) is 18.1 Å². The monoisotopic (exact) mass is 161 g/mol. The number of rotatable bonds is 5. The highest BCUT2D eigenvalue weighted by Gasteiger charge is 1.99. The van der Waals surface area contributed by atoms with Gasteiger partial charge in [0.1, 0.15) is 0 Å². The van der Waals surface area contributed by atoms with Gasteiger partial charge in [0.05, 0.1) is 18.1 Å². The molecule has 57 valence electrons. The van der Waals surface area contributed by atoms with Crippen LogP contribution < -0.4 is 0 Å². The molecule has 3 nitrogen and oxygen atoms in total. The van der Waals surface area contributed by atoms with Crippen molar-refractivity contribution in [3.8, 4) is 0 Å². The quantitative estimate of drug-likeness (QED) is 0.432. The zero-order valence-corrected chi connectivity index (χ0v) is 6.57. The van der Waals surface area contributed by atoms with Crippen LogP contribution in [0.2, 0.25) is 0 Å². The predicted molar refractivity (Wildman–Crippen MR) is 39.7 cm³/mol. The van der Waals surface area contributed by atoms with E-state index in [9.17, 15) is 9.59 Å². The third-order valence-corrected chi connectivity index (χ3v) is 1.45. The van der Waals surface area contributed by atoms with Crippen LogP contribution in [-0.2, 0) is 14.3 Å². The summed E-state index contributed by atoms with van der Waals surface area (Å²) in [5.41, 5.74) is 0. The summed E-state index contributed by atoms with van der Waals surface area (Å²) in [7, 11) is 0. The molecular formula is C6H9O3S. The van der Waals surface area contributed by atoms with Crippen LogP contribution in [0.15, 0.2) is 0 Å². The molecule has 4 heteroatoms. The lowest BCUT2D eigenvalue weighted by atomic mass is 10.8. The fourth-order valence-electron chi connectivity index (χ4n) is 0.379. The minimum atomic E-state index is -0.275. The van der Waals surface area contributed by atoms with Crippen LogP contribution in [0.25, 0.3) is 0 Å². The largest absolute Gasteiger partial charge is 0.465 e. The normalized spacial score (nSPS) is 8.90. The van der Waals surface area contributed by atoms with Crippen LogP contribution >= 0.6 is 11.8 Å². The Kier molecular flexibility index (Phi) is 6.27. The number of ether oxygens (including phenoxy) is 1. The molecule has 0 N–H and O–H groups in total. The van der Waals surface area contributed by atoms with Crippen LogP contribution in [-0.4, -0.2) is 30.4 Å². The lowest BCUT2D eigenvalue weighted by molar-refractivity contribution is -0.139. The number of hydrogen-bond acceptors (Lipinski definition) is 4. The fraction of sp³-hybridized carbons (Fsp3) is 0.667. The highest BCUT2D eigenvalue weighted by Crippen LogP contribution is 1.97. The van der Waals surface area contributed by atoms with E-state index in [-0.39, 0.29) is 17.5 Å². The minimum Gasteiger partial charge on any atom is -0.465 e. The molecule has 0 aromatic carbocycles. The average molecular weight is 161 g/mol. The van der Waals surface area contributed by atoms with Gasteiger partial charge in [0.2, 0.25) is 6.29 Å². The zero-order valence-electron chi connectivity index (χ0n) is 5.75. The topological polar surface area (TPSA) is 43.4 Å². The lowest BCUT2D eigenvalue weighted by Gasteiger charge is -1.97. The molecule has 0 aliphatic carbocycles. The predicted octanol–water partition coefficient (Wildman–Crippen LogP) is 0.392. The fourth-order valence-corrected chi connectivity index (χ4v) is 0.814. The minimum absolute atomic E-state index is 0.235. The second-order valence-electron chi connectivity index (χ2n) is 1.44. The summed E-state index contributed by atoms with van der Waals surface area (Å²) in [5.74, 6) is 0.199. The Morgan fingerprint density at radius 1 is 1.70 bits per heavy atom. The molecule has 0 aliphatic heterocycles. The lowest BCUT2D eigenvalue weighted by Crippen LogP contribution is -2.07. The molecule has 0 fully saturated rings. The Balaban J connectivity index is 3.13. The summed E-state index contributed by atoms with van der Waals surface area (Å²) < 4.78 is 4.60. The molecule has 0 rings (SSSR count). The van der Waals surface area contributed by atoms with Gasteiger partial charge in [0, 0.05) is 0 Å². The van der Waals surface area contributed by atoms with Crippen molar-refractivity contribution >= 4 is 24.0 Å². The van der Waals surface area contributed by atoms with E-state index >= 15 is 0 Å². The van der Waals surface area contributed by atoms with Gasteiger partial charge in [-0.15, -0.1) is 11.8 Å². The van der Waals surface area contributed by atoms with Gasteiger partial charge in [-0.25, -0.2) is 0 Å². The first-order chi connectivity index (χ1) is 4.81. The van der Waals surface area contributed by atoms with Gasteiger partial charge in [0.15, 0.2) is 0 Å². The van der Waals surface area contributed by atoms with Gasteiger partial charge in [-0.3, -0.25) is 9.59 Å². The average Bonchev–Trinajstić information content (AvgIpc) is 1.89. The van der Waals surface area contributed by atoms with Crippen molar-refractivity contribution in [3.63, 3.8) is 0 Å². The van der Waals surface area contributed by atoms with Crippen molar-refractivity contribution in [2.24, 2.45) is 0 Å². The number of carbonyl (C=O) groups excluding carboxylic acids is 2. The van der Waals surface area contributed by atoms with Gasteiger partial charge in [-0.2, -0.15) is 0 Å². The Bertz CT molecular complexity index is 114. The van der Waals surface area contributed by atoms with Gasteiger partial charge in [0.25, 0.3) is 0 Å². The van der Waals surface area contributed by atoms with Crippen LogP contribution in [0.3, 0.4) is 0 Å². The van der Waals surface area contributed by atoms with E-state index in [0.717, 1.165) is 0 Å². The van der Waals surface area contributed by atoms with E-state index in [1.54, 1.807) is 13.2 Å². The smallest absolute Gasteiger partial charge is 0.315 e. The second-order valence-corrected chi connectivity index (χ2v) is 2.43. The maximum atomic E-state index is 10.5. The van der Waals surface area contributed by atoms with Crippen molar-refractivity contribution in [1.82, 2.24) is 0 Å². The standard InChI is InChI=1S/C6H9O3S/c1-2-9-6(8)5-10-4-3-7/h2,4-5H2,1H3. The molecule has 1 radical (unpaired) electrons. The van der Waals surface area contributed by atoms with E-state index in [0.29, 0.717) is 6.61 Å². The van der Waals surface area contributed by atoms with Gasteiger partial charge >= 0.3 is 5.97 Å². The van der Waals surface area contributed by atoms with Crippen LogP contribution in [0, 0.1) is 0 Å². The first kappa shape index (κ1) is 9.49. The molecule has 0 aromatic rings. The first-order valence-electron chi connectivity index (χ1n) is 2.89. The Labute approximate surface area is 64.1 Å². The summed E-state index contributed by atoms with van der Waals surface area (Å²) in [5, 5.41) is 0. The summed E-state index contributed by atoms with van der Waals surface area (Å²) >= 11 is 1.20. The van der Waals surface area contributed by atoms with Crippen molar-refractivity contribution < 1.29 is 14.3 Å². The number of carbonyl (C=O) groups is 1. The molecule has 0 amide bonds. The Morgan fingerprint density at radius 2 is 2.40 bits per heavy atom. The van der Waals surface area contributed by atoms with Crippen LogP contribution in [0.1, 0.15) is 6.92 Å².